The molecule has 0 aromatic heterocycles. The van der Waals surface area contributed by atoms with Gasteiger partial charge in [-0.25, -0.2) is 9.59 Å². The molecular weight excluding hydrogens is 861 g/mol. The third-order valence-electron chi connectivity index (χ3n) is 10.5. The van der Waals surface area contributed by atoms with E-state index in [0.29, 0.717) is 42.4 Å². The molecule has 17 heteroatoms. The van der Waals surface area contributed by atoms with Crippen LogP contribution < -0.4 is 108 Å². The van der Waals surface area contributed by atoms with Crippen LogP contribution in [0.25, 0.3) is 0 Å². The molecule has 2 aliphatic heterocycles. The summed E-state index contributed by atoms with van der Waals surface area (Å²) in [7, 11) is 2.77. The van der Waals surface area contributed by atoms with Gasteiger partial charge in [-0.1, -0.05) is 58.7 Å². The van der Waals surface area contributed by atoms with Gasteiger partial charge in [-0.3, -0.25) is 19.3 Å². The molecule has 0 radical (unpaired) electrons. The van der Waals surface area contributed by atoms with Crippen molar-refractivity contribution < 1.29 is 167 Å². The van der Waals surface area contributed by atoms with Gasteiger partial charge in [-0.2, -0.15) is 0 Å². The van der Waals surface area contributed by atoms with Crippen LogP contribution in [0, 0.1) is 23.7 Å². The first-order chi connectivity index (χ1) is 26.7. The van der Waals surface area contributed by atoms with Crippen molar-refractivity contribution in [1.82, 2.24) is 4.90 Å². The molecule has 2 saturated carbocycles. The summed E-state index contributed by atoms with van der Waals surface area (Å²) in [6.07, 6.45) is 7.18. The fourth-order valence-corrected chi connectivity index (χ4v) is 8.34. The number of hydrogen-bond acceptors (Lipinski definition) is 14. The zero-order valence-electron chi connectivity index (χ0n) is 34.4. The van der Waals surface area contributed by atoms with Gasteiger partial charge in [0.25, 0.3) is 6.47 Å². The summed E-state index contributed by atoms with van der Waals surface area (Å²) in [5.74, 6) is -1.24. The molecule has 306 valence electrons. The van der Waals surface area contributed by atoms with Gasteiger partial charge in [-0.15, -0.1) is 0 Å². The van der Waals surface area contributed by atoms with E-state index in [1.165, 1.54) is 14.2 Å². The number of fused-ring (bicyclic) bond motifs is 4. The minimum Gasteiger partial charge on any atom is -1.00 e. The number of alkyl halides is 1. The van der Waals surface area contributed by atoms with E-state index in [4.69, 9.17) is 39.2 Å². The summed E-state index contributed by atoms with van der Waals surface area (Å²) in [5.41, 5.74) is 1.01. The number of hydrogen-bond donors (Lipinski definition) is 2. The number of piperidine rings is 1. The van der Waals surface area contributed by atoms with Crippen LogP contribution in [0.2, 0.25) is 0 Å². The van der Waals surface area contributed by atoms with Crippen LogP contribution in [0.5, 0.6) is 0 Å². The zero-order chi connectivity index (χ0) is 40.2. The van der Waals surface area contributed by atoms with Gasteiger partial charge in [0.05, 0.1) is 31.3 Å². The molecule has 8 atom stereocenters. The van der Waals surface area contributed by atoms with E-state index in [9.17, 15) is 19.2 Å². The van der Waals surface area contributed by atoms with E-state index in [1.807, 2.05) is 12.1 Å². The standard InChI is InChI=1S/C19H25NO5.C17H20O4.C3H7BrO.CH2O3.2K.H/c1-24-19(23)17-15-9-8-14(20(15)10-5-11-21)12-16(17)25-18(22)13-6-3-2-4-7-13;1-20-17(19)15-13-8-7-11(9-13)10-14(15)21-16(18)12-5-3-2-4-6-12;4-2-1-3-5;2-1-4-3;;;/h2-4,6-7,14-17,21H,5,8-12H2,1H3;2-6,11,13-15H,7-10H2,1H3;5H,1-3H2;1,3H;;;/q;;;;2*+1;-1/p-1. The Kier molecular flexibility index (Phi) is 29.0. The number of benzene rings is 2. The fraction of sp³-hybridized carbons (Fsp3) is 0.575. The van der Waals surface area contributed by atoms with Crippen LogP contribution in [0.4, 0.5) is 0 Å². The third-order valence-corrected chi connectivity index (χ3v) is 11.0. The molecule has 8 unspecified atom stereocenters. The summed E-state index contributed by atoms with van der Waals surface area (Å²) in [6, 6.07) is 18.0. The van der Waals surface area contributed by atoms with Crippen LogP contribution in [-0.4, -0.2) is 109 Å². The van der Waals surface area contributed by atoms with Crippen molar-refractivity contribution in [2.24, 2.45) is 23.7 Å². The molecule has 2 saturated heterocycles. The van der Waals surface area contributed by atoms with E-state index in [0.717, 1.165) is 56.8 Å². The average molecular weight is 915 g/mol. The Hall–Kier alpha value is -0.617. The normalized spacial score (nSPS) is 24.9. The van der Waals surface area contributed by atoms with Crippen molar-refractivity contribution in [2.45, 2.75) is 82.1 Å². The number of carbonyl (C=O) groups is 5. The Morgan fingerprint density at radius 2 is 1.28 bits per heavy atom. The number of esters is 4. The van der Waals surface area contributed by atoms with Crippen molar-refractivity contribution in [3.8, 4) is 0 Å². The predicted octanol–water partition coefficient (Wildman–Crippen LogP) is -2.24. The second kappa shape index (κ2) is 30.4. The van der Waals surface area contributed by atoms with Crippen LogP contribution in [-0.2, 0) is 38.2 Å². The Balaban J connectivity index is 0.000000895. The Morgan fingerprint density at radius 1 is 0.772 bits per heavy atom. The maximum atomic E-state index is 12.4. The number of rotatable bonds is 12. The summed E-state index contributed by atoms with van der Waals surface area (Å²) in [6.45, 7) is 0.995. The van der Waals surface area contributed by atoms with Gasteiger partial charge >= 0.3 is 127 Å². The van der Waals surface area contributed by atoms with Gasteiger partial charge in [0, 0.05) is 43.6 Å². The molecule has 6 rings (SSSR count). The number of aliphatic hydroxyl groups excluding tert-OH is 2. The smallest absolute Gasteiger partial charge is 1.00 e. The third kappa shape index (κ3) is 17.0. The molecular formula is C40H54BrK2NO13. The van der Waals surface area contributed by atoms with Crippen LogP contribution in [0.3, 0.4) is 0 Å². The number of ether oxygens (including phenoxy) is 4. The second-order valence-electron chi connectivity index (χ2n) is 13.7. The molecule has 2 heterocycles. The van der Waals surface area contributed by atoms with Gasteiger partial charge < -0.3 is 40.7 Å². The predicted molar refractivity (Wildman–Crippen MR) is 201 cm³/mol. The van der Waals surface area contributed by atoms with Crippen molar-refractivity contribution in [3.05, 3.63) is 71.8 Å². The first-order valence-corrected chi connectivity index (χ1v) is 19.7. The molecule has 14 nitrogen and oxygen atoms in total. The molecule has 2 N–H and O–H groups in total. The van der Waals surface area contributed by atoms with Gasteiger partial charge in [-0.05, 0) is 81.0 Å². The number of halogens is 1. The van der Waals surface area contributed by atoms with Crippen molar-refractivity contribution in [1.29, 1.82) is 0 Å². The van der Waals surface area contributed by atoms with E-state index in [-0.39, 0.29) is 159 Å². The van der Waals surface area contributed by atoms with E-state index in [2.05, 4.69) is 25.7 Å². The first-order valence-electron chi connectivity index (χ1n) is 18.6. The number of methoxy groups -OCH3 is 2. The molecule has 4 aliphatic rings. The van der Waals surface area contributed by atoms with Gasteiger partial charge in [0.2, 0.25) is 0 Å². The van der Waals surface area contributed by atoms with E-state index in [1.54, 1.807) is 48.5 Å². The van der Waals surface area contributed by atoms with Crippen LogP contribution in [0.15, 0.2) is 60.7 Å². The Labute approximate surface area is 429 Å². The van der Waals surface area contributed by atoms with E-state index >= 15 is 0 Å². The number of nitrogens with zero attached hydrogens (tertiary/aromatic N) is 1. The molecule has 4 bridgehead atoms. The Morgan fingerprint density at radius 3 is 1.74 bits per heavy atom. The molecule has 0 amide bonds. The van der Waals surface area contributed by atoms with Crippen LogP contribution in [0.1, 0.15) is 79.9 Å². The van der Waals surface area contributed by atoms with Crippen molar-refractivity contribution >= 4 is 46.3 Å². The topological polar surface area (TPSA) is 198 Å². The largest absolute Gasteiger partial charge is 1.00 e. The molecule has 4 fully saturated rings. The SMILES string of the molecule is COC(=O)C1C(OC(=O)c2ccccc2)CC2CCC1N2CCCO.COC(=O)C1C2CCC(C2)CC1OC(=O)c1ccccc1.O=CO[O-].OCCCBr.[H-].[K+].[K+]. The fourth-order valence-electron chi connectivity index (χ4n) is 8.09. The number of aliphatic hydroxyl groups is 2. The molecule has 57 heavy (non-hydrogen) atoms. The minimum atomic E-state index is -0.477. The van der Waals surface area contributed by atoms with E-state index < -0.39 is 18.0 Å². The summed E-state index contributed by atoms with van der Waals surface area (Å²) < 4.78 is 21.3. The average Bonchev–Trinajstić information content (AvgIpc) is 3.74. The van der Waals surface area contributed by atoms with Crippen molar-refractivity contribution in [2.75, 3.05) is 39.3 Å². The summed E-state index contributed by atoms with van der Waals surface area (Å²) in [5, 5.41) is 26.5. The van der Waals surface area contributed by atoms with Crippen molar-refractivity contribution in [3.63, 3.8) is 0 Å². The maximum absolute atomic E-state index is 12.4. The zero-order valence-corrected chi connectivity index (χ0v) is 41.2. The quantitative estimate of drug-likeness (QED) is 0.0441. The first kappa shape index (κ1) is 54.4. The molecule has 2 aromatic carbocycles. The van der Waals surface area contributed by atoms with Gasteiger partial charge in [0.15, 0.2) is 0 Å². The van der Waals surface area contributed by atoms with Crippen LogP contribution >= 0.6 is 15.9 Å². The molecule has 2 aliphatic carbocycles. The summed E-state index contributed by atoms with van der Waals surface area (Å²) >= 11 is 3.15. The monoisotopic (exact) mass is 913 g/mol. The second-order valence-corrected chi connectivity index (χ2v) is 14.5. The molecule has 0 spiro atoms. The number of carbonyl (C=O) groups excluding carboxylic acids is 5. The minimum absolute atomic E-state index is 0. The molecule has 2 aromatic rings. The maximum Gasteiger partial charge on any atom is 1.00 e. The summed E-state index contributed by atoms with van der Waals surface area (Å²) in [4.78, 5) is 62.7. The Bertz CT molecular complexity index is 1480. The van der Waals surface area contributed by atoms with Gasteiger partial charge in [0.1, 0.15) is 18.1 Å².